The van der Waals surface area contributed by atoms with Crippen LogP contribution in [0, 0.1) is 11.7 Å². The summed E-state index contributed by atoms with van der Waals surface area (Å²) in [5.74, 6) is -0.327. The highest BCUT2D eigenvalue weighted by molar-refractivity contribution is 5.89. The molecule has 1 aliphatic rings. The van der Waals surface area contributed by atoms with Crippen LogP contribution in [-0.2, 0) is 11.2 Å². The number of hydrogen-bond donors (Lipinski definition) is 1. The lowest BCUT2D eigenvalue weighted by atomic mass is 9.93. The average molecular weight is 278 g/mol. The van der Waals surface area contributed by atoms with Crippen molar-refractivity contribution in [1.29, 1.82) is 0 Å². The molecule has 0 aromatic heterocycles. The Morgan fingerprint density at radius 3 is 2.90 bits per heavy atom. The highest BCUT2D eigenvalue weighted by Gasteiger charge is 2.27. The molecule has 1 heterocycles. The Morgan fingerprint density at radius 1 is 1.50 bits per heavy atom. The van der Waals surface area contributed by atoms with Crippen LogP contribution in [0.4, 0.5) is 4.39 Å². The topological polar surface area (TPSA) is 52.9 Å². The normalized spacial score (nSPS) is 21.2. The fourth-order valence-corrected chi connectivity index (χ4v) is 2.56. The minimum absolute atomic E-state index is 0.0781. The quantitative estimate of drug-likeness (QED) is 0.682. The molecule has 1 fully saturated rings. The lowest BCUT2D eigenvalue weighted by Gasteiger charge is -2.33. The van der Waals surface area contributed by atoms with Crippen LogP contribution in [0.2, 0.25) is 0 Å². The van der Waals surface area contributed by atoms with Crippen molar-refractivity contribution in [2.45, 2.75) is 26.2 Å². The van der Waals surface area contributed by atoms with Gasteiger partial charge in [0.15, 0.2) is 0 Å². The maximum atomic E-state index is 13.6. The third-order valence-corrected chi connectivity index (χ3v) is 3.82. The molecule has 0 radical (unpaired) electrons. The summed E-state index contributed by atoms with van der Waals surface area (Å²) >= 11 is 0. The number of hydrogen-bond acceptors (Lipinski definition) is 3. The van der Waals surface area contributed by atoms with Crippen LogP contribution in [0.15, 0.2) is 29.4 Å². The molecule has 4 nitrogen and oxygen atoms in total. The number of carbonyl (C=O) groups is 1. The van der Waals surface area contributed by atoms with Crippen LogP contribution >= 0.6 is 0 Å². The van der Waals surface area contributed by atoms with Crippen molar-refractivity contribution in [1.82, 2.24) is 4.90 Å². The van der Waals surface area contributed by atoms with E-state index in [9.17, 15) is 9.18 Å². The van der Waals surface area contributed by atoms with E-state index in [0.717, 1.165) is 12.1 Å². The van der Waals surface area contributed by atoms with Crippen LogP contribution in [0.1, 0.15) is 25.3 Å². The van der Waals surface area contributed by atoms with Gasteiger partial charge in [0.2, 0.25) is 5.91 Å². The fraction of sp³-hybridized carbons (Fsp3) is 0.467. The molecule has 1 saturated heterocycles. The maximum absolute atomic E-state index is 13.6. The van der Waals surface area contributed by atoms with Gasteiger partial charge in [-0.1, -0.05) is 30.3 Å². The second-order valence-electron chi connectivity index (χ2n) is 5.05. The lowest BCUT2D eigenvalue weighted by molar-refractivity contribution is -0.131. The molecule has 1 aromatic rings. The Labute approximate surface area is 117 Å². The van der Waals surface area contributed by atoms with E-state index in [1.807, 2.05) is 6.92 Å². The van der Waals surface area contributed by atoms with Gasteiger partial charge in [0.25, 0.3) is 0 Å². The van der Waals surface area contributed by atoms with Crippen molar-refractivity contribution in [2.24, 2.45) is 11.1 Å². The van der Waals surface area contributed by atoms with E-state index < -0.39 is 0 Å². The molecule has 5 heteroatoms. The number of benzene rings is 1. The summed E-state index contributed by atoms with van der Waals surface area (Å²) in [5.41, 5.74) is 1.18. The zero-order valence-corrected chi connectivity index (χ0v) is 11.6. The molecular formula is C15H19FN2O2. The first kappa shape index (κ1) is 14.5. The molecule has 0 aliphatic carbocycles. The van der Waals surface area contributed by atoms with Crippen molar-refractivity contribution in [3.8, 4) is 0 Å². The number of oxime groups is 1. The van der Waals surface area contributed by atoms with E-state index in [0.29, 0.717) is 25.1 Å². The van der Waals surface area contributed by atoms with E-state index in [4.69, 9.17) is 5.21 Å². The van der Waals surface area contributed by atoms with E-state index in [-0.39, 0.29) is 24.1 Å². The summed E-state index contributed by atoms with van der Waals surface area (Å²) in [6.07, 6.45) is 1.48. The van der Waals surface area contributed by atoms with Crippen LogP contribution in [0.3, 0.4) is 0 Å². The van der Waals surface area contributed by atoms with Gasteiger partial charge in [-0.2, -0.15) is 0 Å². The molecule has 1 aliphatic heterocycles. The van der Waals surface area contributed by atoms with Gasteiger partial charge in [-0.25, -0.2) is 4.39 Å². The number of nitrogens with zero attached hydrogens (tertiary/aromatic N) is 2. The number of piperidine rings is 1. The predicted octanol–water partition coefficient (Wildman–Crippen LogP) is 2.46. The molecule has 1 unspecified atom stereocenters. The van der Waals surface area contributed by atoms with Gasteiger partial charge in [-0.15, -0.1) is 0 Å². The Bertz CT molecular complexity index is 516. The van der Waals surface area contributed by atoms with Gasteiger partial charge in [0.05, 0.1) is 12.1 Å². The summed E-state index contributed by atoms with van der Waals surface area (Å²) < 4.78 is 13.6. The Kier molecular flexibility index (Phi) is 4.71. The summed E-state index contributed by atoms with van der Waals surface area (Å²) in [6.45, 7) is 3.08. The van der Waals surface area contributed by atoms with Crippen molar-refractivity contribution < 1.29 is 14.4 Å². The Balaban J connectivity index is 2.02. The molecule has 0 saturated carbocycles. The van der Waals surface area contributed by atoms with Crippen LogP contribution in [-0.4, -0.2) is 34.8 Å². The Morgan fingerprint density at radius 2 is 2.25 bits per heavy atom. The van der Waals surface area contributed by atoms with Gasteiger partial charge < -0.3 is 10.1 Å². The predicted molar refractivity (Wildman–Crippen MR) is 74.3 cm³/mol. The molecule has 2 rings (SSSR count). The summed E-state index contributed by atoms with van der Waals surface area (Å²) in [4.78, 5) is 14.0. The molecule has 0 bridgehead atoms. The molecule has 0 spiro atoms. The largest absolute Gasteiger partial charge is 0.411 e. The Hall–Kier alpha value is -1.91. The molecule has 1 N–H and O–H groups in total. The third kappa shape index (κ3) is 3.15. The molecule has 1 aromatic carbocycles. The van der Waals surface area contributed by atoms with Gasteiger partial charge in [0.1, 0.15) is 5.82 Å². The standard InChI is InChI=1S/C15H19FN2O2/c1-2-11-10-18(8-7-14(11)17-20)15(19)9-12-5-3-4-6-13(12)16/h3-6,11,20H,2,7-10H2,1H3/b17-14+. The van der Waals surface area contributed by atoms with Gasteiger partial charge in [-0.3, -0.25) is 4.79 Å². The SMILES string of the molecule is CCC1CN(C(=O)Cc2ccccc2F)CC/C1=N\O. The smallest absolute Gasteiger partial charge is 0.227 e. The van der Waals surface area contributed by atoms with Crippen LogP contribution in [0.5, 0.6) is 0 Å². The fourth-order valence-electron chi connectivity index (χ4n) is 2.56. The molecule has 108 valence electrons. The second kappa shape index (κ2) is 6.50. The number of likely N-dealkylation sites (tertiary alicyclic amines) is 1. The number of halogens is 1. The number of carbonyl (C=O) groups excluding carboxylic acids is 1. The van der Waals surface area contributed by atoms with E-state index in [1.165, 1.54) is 6.07 Å². The molecular weight excluding hydrogens is 259 g/mol. The van der Waals surface area contributed by atoms with E-state index in [1.54, 1.807) is 23.1 Å². The first-order chi connectivity index (χ1) is 9.65. The third-order valence-electron chi connectivity index (χ3n) is 3.82. The maximum Gasteiger partial charge on any atom is 0.227 e. The van der Waals surface area contributed by atoms with Crippen molar-refractivity contribution in [3.63, 3.8) is 0 Å². The first-order valence-corrected chi connectivity index (χ1v) is 6.87. The molecule has 1 atom stereocenters. The first-order valence-electron chi connectivity index (χ1n) is 6.87. The van der Waals surface area contributed by atoms with Crippen molar-refractivity contribution in [2.75, 3.05) is 13.1 Å². The average Bonchev–Trinajstić information content (AvgIpc) is 2.48. The summed E-state index contributed by atoms with van der Waals surface area (Å²) in [7, 11) is 0. The molecule has 20 heavy (non-hydrogen) atoms. The highest BCUT2D eigenvalue weighted by Crippen LogP contribution is 2.19. The monoisotopic (exact) mass is 278 g/mol. The highest BCUT2D eigenvalue weighted by atomic mass is 19.1. The molecule has 1 amide bonds. The minimum atomic E-state index is -0.345. The minimum Gasteiger partial charge on any atom is -0.411 e. The summed E-state index contributed by atoms with van der Waals surface area (Å²) in [6, 6.07) is 6.34. The second-order valence-corrected chi connectivity index (χ2v) is 5.05. The van der Waals surface area contributed by atoms with Crippen LogP contribution < -0.4 is 0 Å². The number of amides is 1. The van der Waals surface area contributed by atoms with Crippen molar-refractivity contribution >= 4 is 11.6 Å². The van der Waals surface area contributed by atoms with Gasteiger partial charge in [0, 0.05) is 25.4 Å². The van der Waals surface area contributed by atoms with Gasteiger partial charge in [-0.05, 0) is 18.1 Å². The zero-order valence-electron chi connectivity index (χ0n) is 11.6. The van der Waals surface area contributed by atoms with E-state index >= 15 is 0 Å². The van der Waals surface area contributed by atoms with Gasteiger partial charge >= 0.3 is 0 Å². The van der Waals surface area contributed by atoms with Crippen LogP contribution in [0.25, 0.3) is 0 Å². The van der Waals surface area contributed by atoms with E-state index in [2.05, 4.69) is 5.16 Å². The zero-order chi connectivity index (χ0) is 14.5. The lowest BCUT2D eigenvalue weighted by Crippen LogP contribution is -2.44. The van der Waals surface area contributed by atoms with Crippen molar-refractivity contribution in [3.05, 3.63) is 35.6 Å². The summed E-state index contributed by atoms with van der Waals surface area (Å²) in [5, 5.41) is 12.2. The number of rotatable bonds is 3.